The van der Waals surface area contributed by atoms with E-state index in [-0.39, 0.29) is 18.8 Å². The quantitative estimate of drug-likeness (QED) is 0.821. The molecule has 0 heterocycles. The van der Waals surface area contributed by atoms with E-state index in [1.807, 2.05) is 60.7 Å². The van der Waals surface area contributed by atoms with Crippen molar-refractivity contribution in [3.63, 3.8) is 0 Å². The van der Waals surface area contributed by atoms with Gasteiger partial charge in [0.2, 0.25) is 0 Å². The molecule has 0 aliphatic heterocycles. The monoisotopic (exact) mass is 270 g/mol. The Morgan fingerprint density at radius 2 is 1.50 bits per heavy atom. The highest BCUT2D eigenvalue weighted by Gasteiger charge is 2.15. The molecule has 0 radical (unpaired) electrons. The van der Waals surface area contributed by atoms with Gasteiger partial charge in [0.1, 0.15) is 6.73 Å². The molecule has 0 aliphatic carbocycles. The SMILES string of the molecule is COCNC(=O)NC(c1ccccc1)c1ccccc1. The smallest absolute Gasteiger partial charge is 0.317 e. The summed E-state index contributed by atoms with van der Waals surface area (Å²) < 4.78 is 4.83. The predicted octanol–water partition coefficient (Wildman–Crippen LogP) is 2.68. The van der Waals surface area contributed by atoms with Gasteiger partial charge >= 0.3 is 6.03 Å². The molecule has 104 valence electrons. The number of amides is 2. The van der Waals surface area contributed by atoms with Crippen LogP contribution in [-0.4, -0.2) is 19.9 Å². The number of carbonyl (C=O) groups excluding carboxylic acids is 1. The third kappa shape index (κ3) is 3.83. The molecule has 0 aromatic heterocycles. The van der Waals surface area contributed by atoms with Crippen LogP contribution in [-0.2, 0) is 4.74 Å². The number of carbonyl (C=O) groups is 1. The average molecular weight is 270 g/mol. The van der Waals surface area contributed by atoms with Gasteiger partial charge < -0.3 is 15.4 Å². The highest BCUT2D eigenvalue weighted by Crippen LogP contribution is 2.21. The number of rotatable bonds is 5. The average Bonchev–Trinajstić information content (AvgIpc) is 2.52. The molecule has 0 spiro atoms. The van der Waals surface area contributed by atoms with E-state index in [1.54, 1.807) is 0 Å². The Hall–Kier alpha value is -2.33. The number of hydrogen-bond donors (Lipinski definition) is 2. The third-order valence-electron chi connectivity index (χ3n) is 2.92. The molecule has 0 unspecified atom stereocenters. The first-order valence-electron chi connectivity index (χ1n) is 6.44. The minimum Gasteiger partial charge on any atom is -0.364 e. The zero-order chi connectivity index (χ0) is 14.2. The molecule has 4 heteroatoms. The Bertz CT molecular complexity index is 489. The summed E-state index contributed by atoms with van der Waals surface area (Å²) in [6, 6.07) is 19.3. The summed E-state index contributed by atoms with van der Waals surface area (Å²) in [6.45, 7) is 0.183. The Morgan fingerprint density at radius 1 is 1.00 bits per heavy atom. The maximum absolute atomic E-state index is 11.9. The molecule has 4 nitrogen and oxygen atoms in total. The van der Waals surface area contributed by atoms with Crippen molar-refractivity contribution in [1.29, 1.82) is 0 Å². The largest absolute Gasteiger partial charge is 0.364 e. The van der Waals surface area contributed by atoms with Crippen LogP contribution in [0.5, 0.6) is 0 Å². The molecule has 0 saturated carbocycles. The summed E-state index contributed by atoms with van der Waals surface area (Å²) >= 11 is 0. The van der Waals surface area contributed by atoms with Gasteiger partial charge in [0.25, 0.3) is 0 Å². The van der Waals surface area contributed by atoms with Crippen LogP contribution in [0.4, 0.5) is 4.79 Å². The molecule has 2 N–H and O–H groups in total. The summed E-state index contributed by atoms with van der Waals surface area (Å²) in [5.41, 5.74) is 2.07. The standard InChI is InChI=1S/C16H18N2O2/c1-20-12-17-16(19)18-15(13-8-4-2-5-9-13)14-10-6-3-7-11-14/h2-11,15H,12H2,1H3,(H2,17,18,19). The summed E-state index contributed by atoms with van der Waals surface area (Å²) in [6.07, 6.45) is 0. The van der Waals surface area contributed by atoms with Crippen LogP contribution in [0.1, 0.15) is 17.2 Å². The second-order valence-corrected chi connectivity index (χ2v) is 4.34. The van der Waals surface area contributed by atoms with E-state index in [4.69, 9.17) is 4.74 Å². The van der Waals surface area contributed by atoms with Crippen molar-refractivity contribution in [2.45, 2.75) is 6.04 Å². The summed E-state index contributed by atoms with van der Waals surface area (Å²) in [5.74, 6) is 0. The van der Waals surface area contributed by atoms with E-state index < -0.39 is 0 Å². The number of hydrogen-bond acceptors (Lipinski definition) is 2. The molecule has 0 aliphatic rings. The number of ether oxygens (including phenoxy) is 1. The minimum absolute atomic E-state index is 0.183. The first-order chi connectivity index (χ1) is 9.81. The first-order valence-corrected chi connectivity index (χ1v) is 6.44. The van der Waals surface area contributed by atoms with Crippen molar-refractivity contribution in [2.24, 2.45) is 0 Å². The predicted molar refractivity (Wildman–Crippen MR) is 78.3 cm³/mol. The first kappa shape index (κ1) is 14.1. The molecular weight excluding hydrogens is 252 g/mol. The number of methoxy groups -OCH3 is 1. The van der Waals surface area contributed by atoms with Gasteiger partial charge in [0.05, 0.1) is 6.04 Å². The van der Waals surface area contributed by atoms with E-state index in [1.165, 1.54) is 7.11 Å². The van der Waals surface area contributed by atoms with E-state index >= 15 is 0 Å². The number of urea groups is 1. The van der Waals surface area contributed by atoms with Crippen molar-refractivity contribution in [3.05, 3.63) is 71.8 Å². The molecule has 2 amide bonds. The number of benzene rings is 2. The zero-order valence-corrected chi connectivity index (χ0v) is 11.4. The van der Waals surface area contributed by atoms with E-state index in [0.717, 1.165) is 11.1 Å². The zero-order valence-electron chi connectivity index (χ0n) is 11.4. The van der Waals surface area contributed by atoms with Gasteiger partial charge in [-0.25, -0.2) is 4.79 Å². The highest BCUT2D eigenvalue weighted by molar-refractivity contribution is 5.74. The summed E-state index contributed by atoms with van der Waals surface area (Å²) in [4.78, 5) is 11.9. The highest BCUT2D eigenvalue weighted by atomic mass is 16.5. The Labute approximate surface area is 118 Å². The fraction of sp³-hybridized carbons (Fsp3) is 0.188. The number of nitrogens with one attached hydrogen (secondary N) is 2. The molecule has 0 atom stereocenters. The fourth-order valence-electron chi connectivity index (χ4n) is 1.97. The topological polar surface area (TPSA) is 50.4 Å². The van der Waals surface area contributed by atoms with Crippen LogP contribution in [0.25, 0.3) is 0 Å². The fourth-order valence-corrected chi connectivity index (χ4v) is 1.97. The van der Waals surface area contributed by atoms with Crippen molar-refractivity contribution in [1.82, 2.24) is 10.6 Å². The van der Waals surface area contributed by atoms with Gasteiger partial charge in [-0.2, -0.15) is 0 Å². The molecule has 0 bridgehead atoms. The van der Waals surface area contributed by atoms with Crippen molar-refractivity contribution >= 4 is 6.03 Å². The molecule has 0 fully saturated rings. The van der Waals surface area contributed by atoms with E-state index in [9.17, 15) is 4.79 Å². The maximum Gasteiger partial charge on any atom is 0.317 e. The van der Waals surface area contributed by atoms with Gasteiger partial charge in [-0.05, 0) is 11.1 Å². The second-order valence-electron chi connectivity index (χ2n) is 4.34. The van der Waals surface area contributed by atoms with E-state index in [2.05, 4.69) is 10.6 Å². The Kier molecular flexibility index (Phi) is 5.15. The van der Waals surface area contributed by atoms with Crippen molar-refractivity contribution in [2.75, 3.05) is 13.8 Å². The lowest BCUT2D eigenvalue weighted by Crippen LogP contribution is -2.39. The lowest BCUT2D eigenvalue weighted by molar-refractivity contribution is 0.171. The second kappa shape index (κ2) is 7.31. The van der Waals surface area contributed by atoms with E-state index in [0.29, 0.717) is 0 Å². The van der Waals surface area contributed by atoms with Crippen LogP contribution in [0.3, 0.4) is 0 Å². The van der Waals surface area contributed by atoms with Crippen LogP contribution >= 0.6 is 0 Å². The molecule has 2 aromatic carbocycles. The van der Waals surface area contributed by atoms with Crippen LogP contribution in [0.15, 0.2) is 60.7 Å². The lowest BCUT2D eigenvalue weighted by Gasteiger charge is -2.20. The van der Waals surface area contributed by atoms with Gasteiger partial charge in [-0.15, -0.1) is 0 Å². The Balaban J connectivity index is 2.19. The van der Waals surface area contributed by atoms with Gasteiger partial charge in [0.15, 0.2) is 0 Å². The van der Waals surface area contributed by atoms with Crippen molar-refractivity contribution in [3.8, 4) is 0 Å². The minimum atomic E-state index is -0.260. The third-order valence-corrected chi connectivity index (χ3v) is 2.92. The van der Waals surface area contributed by atoms with Gasteiger partial charge in [-0.1, -0.05) is 60.7 Å². The lowest BCUT2D eigenvalue weighted by atomic mass is 9.99. The van der Waals surface area contributed by atoms with Gasteiger partial charge in [-0.3, -0.25) is 0 Å². The molecule has 0 saturated heterocycles. The molecule has 2 aromatic rings. The Morgan fingerprint density at radius 3 is 1.95 bits per heavy atom. The van der Waals surface area contributed by atoms with Gasteiger partial charge in [0, 0.05) is 7.11 Å². The summed E-state index contributed by atoms with van der Waals surface area (Å²) in [7, 11) is 1.53. The molecule has 2 rings (SSSR count). The van der Waals surface area contributed by atoms with Crippen LogP contribution in [0, 0.1) is 0 Å². The normalized spacial score (nSPS) is 10.3. The van der Waals surface area contributed by atoms with Crippen molar-refractivity contribution < 1.29 is 9.53 Å². The summed E-state index contributed by atoms with van der Waals surface area (Å²) in [5, 5.41) is 5.58. The maximum atomic E-state index is 11.9. The van der Waals surface area contributed by atoms with Crippen LogP contribution in [0.2, 0.25) is 0 Å². The molecular formula is C16H18N2O2. The molecule has 20 heavy (non-hydrogen) atoms. The van der Waals surface area contributed by atoms with Crippen LogP contribution < -0.4 is 10.6 Å².